The molecule has 1 saturated heterocycles. The van der Waals surface area contributed by atoms with Gasteiger partial charge in [-0.15, -0.1) is 0 Å². The van der Waals surface area contributed by atoms with E-state index in [1.54, 1.807) is 18.3 Å². The van der Waals surface area contributed by atoms with Crippen LogP contribution in [0.25, 0.3) is 6.08 Å². The van der Waals surface area contributed by atoms with Gasteiger partial charge in [-0.25, -0.2) is 9.97 Å². The molecule has 1 fully saturated rings. The van der Waals surface area contributed by atoms with Crippen molar-refractivity contribution in [3.63, 3.8) is 0 Å². The van der Waals surface area contributed by atoms with E-state index in [0.29, 0.717) is 33.0 Å². The average Bonchev–Trinajstić information content (AvgIpc) is 2.74. The Labute approximate surface area is 141 Å². The summed E-state index contributed by atoms with van der Waals surface area (Å²) in [6.07, 6.45) is 5.58. The fourth-order valence-corrected chi connectivity index (χ4v) is 3.40. The molecule has 2 heterocycles. The largest absolute Gasteiger partial charge is 0.481 e. The zero-order valence-electron chi connectivity index (χ0n) is 11.7. The van der Waals surface area contributed by atoms with Crippen LogP contribution in [0.3, 0.4) is 0 Å². The summed E-state index contributed by atoms with van der Waals surface area (Å²) in [5, 5.41) is 9.28. The Kier molecular flexibility index (Phi) is 5.92. The van der Waals surface area contributed by atoms with Gasteiger partial charge < -0.3 is 5.11 Å². The van der Waals surface area contributed by atoms with Gasteiger partial charge in [-0.2, -0.15) is 0 Å². The highest BCUT2D eigenvalue weighted by Crippen LogP contribution is 2.32. The molecule has 0 spiro atoms. The van der Waals surface area contributed by atoms with Crippen molar-refractivity contribution in [2.45, 2.75) is 18.0 Å². The number of amides is 1. The molecule has 0 radical (unpaired) electrons. The maximum atomic E-state index is 12.3. The molecule has 2 rings (SSSR count). The molecule has 1 aromatic rings. The smallest absolute Gasteiger partial charge is 0.303 e. The minimum atomic E-state index is -0.883. The lowest BCUT2D eigenvalue weighted by Gasteiger charge is -2.13. The lowest BCUT2D eigenvalue weighted by atomic mass is 10.3. The molecule has 0 unspecified atom stereocenters. The number of carboxylic acid groups (broad SMARTS) is 1. The quantitative estimate of drug-likeness (QED) is 0.360. The molecule has 116 valence electrons. The van der Waals surface area contributed by atoms with E-state index in [4.69, 9.17) is 17.3 Å². The highest BCUT2D eigenvalue weighted by atomic mass is 32.2. The number of hydrogen-bond acceptors (Lipinski definition) is 7. The van der Waals surface area contributed by atoms with Crippen LogP contribution in [0, 0.1) is 0 Å². The van der Waals surface area contributed by atoms with Crippen molar-refractivity contribution in [2.24, 2.45) is 0 Å². The summed E-state index contributed by atoms with van der Waals surface area (Å²) < 4.78 is 0.445. The van der Waals surface area contributed by atoms with E-state index < -0.39 is 5.97 Å². The van der Waals surface area contributed by atoms with Gasteiger partial charge in [-0.3, -0.25) is 14.5 Å². The second-order valence-electron chi connectivity index (χ2n) is 4.30. The number of rotatable bonds is 6. The number of thioether (sulfide) groups is 2. The third-order valence-electron chi connectivity index (χ3n) is 2.76. The van der Waals surface area contributed by atoms with E-state index in [1.807, 2.05) is 6.26 Å². The zero-order valence-corrected chi connectivity index (χ0v) is 14.1. The first-order chi connectivity index (χ1) is 10.5. The Morgan fingerprint density at radius 3 is 3.05 bits per heavy atom. The summed E-state index contributed by atoms with van der Waals surface area (Å²) in [6, 6.07) is 1.72. The first-order valence-electron chi connectivity index (χ1n) is 6.35. The lowest BCUT2D eigenvalue weighted by molar-refractivity contribution is -0.137. The molecule has 1 aromatic heterocycles. The van der Waals surface area contributed by atoms with Crippen molar-refractivity contribution in [3.05, 3.63) is 22.9 Å². The second kappa shape index (κ2) is 7.70. The Hall–Kier alpha value is -1.45. The SMILES string of the molecule is CSc1nccc(C=C2SC(=S)N(CCCC(=O)O)C2=O)n1. The molecular weight excluding hydrogens is 342 g/mol. The maximum absolute atomic E-state index is 12.3. The average molecular weight is 355 g/mol. The van der Waals surface area contributed by atoms with Gasteiger partial charge >= 0.3 is 5.97 Å². The van der Waals surface area contributed by atoms with Crippen molar-refractivity contribution < 1.29 is 14.7 Å². The maximum Gasteiger partial charge on any atom is 0.303 e. The van der Waals surface area contributed by atoms with Crippen LogP contribution < -0.4 is 0 Å². The third kappa shape index (κ3) is 4.28. The van der Waals surface area contributed by atoms with Gasteiger partial charge in [0.25, 0.3) is 5.91 Å². The fraction of sp³-hybridized carbons (Fsp3) is 0.308. The predicted octanol–water partition coefficient (Wildman–Crippen LogP) is 2.26. The van der Waals surface area contributed by atoms with E-state index in [0.717, 1.165) is 0 Å². The van der Waals surface area contributed by atoms with Crippen molar-refractivity contribution in [3.8, 4) is 0 Å². The van der Waals surface area contributed by atoms with Crippen LogP contribution in [-0.4, -0.2) is 49.0 Å². The molecule has 1 aliphatic rings. The van der Waals surface area contributed by atoms with Crippen molar-refractivity contribution in [2.75, 3.05) is 12.8 Å². The topological polar surface area (TPSA) is 83.4 Å². The number of thiocarbonyl (C=S) groups is 1. The van der Waals surface area contributed by atoms with Crippen molar-refractivity contribution >= 4 is 58.0 Å². The molecule has 6 nitrogen and oxygen atoms in total. The van der Waals surface area contributed by atoms with Crippen LogP contribution in [0.4, 0.5) is 0 Å². The molecule has 9 heteroatoms. The Morgan fingerprint density at radius 1 is 1.59 bits per heavy atom. The third-order valence-corrected chi connectivity index (χ3v) is 4.70. The highest BCUT2D eigenvalue weighted by molar-refractivity contribution is 8.26. The molecular formula is C13H13N3O3S3. The standard InChI is InChI=1S/C13H13N3O3S3/c1-21-12-14-5-4-8(15-12)7-9-11(19)16(13(20)22-9)6-2-3-10(17)18/h4-5,7H,2-3,6H2,1H3,(H,17,18). The first-order valence-corrected chi connectivity index (χ1v) is 8.80. The van der Waals surface area contributed by atoms with Crippen molar-refractivity contribution in [1.29, 1.82) is 0 Å². The number of carboxylic acids is 1. The second-order valence-corrected chi connectivity index (χ2v) is 6.75. The number of nitrogens with zero attached hydrogens (tertiary/aromatic N) is 3. The number of carbonyl (C=O) groups excluding carboxylic acids is 1. The van der Waals surface area contributed by atoms with Gasteiger partial charge in [0.2, 0.25) is 0 Å². The van der Waals surface area contributed by atoms with Crippen LogP contribution in [0.2, 0.25) is 0 Å². The lowest BCUT2D eigenvalue weighted by Crippen LogP contribution is -2.29. The fourth-order valence-electron chi connectivity index (χ4n) is 1.75. The summed E-state index contributed by atoms with van der Waals surface area (Å²) >= 11 is 7.81. The van der Waals surface area contributed by atoms with Gasteiger partial charge in [-0.1, -0.05) is 35.7 Å². The summed E-state index contributed by atoms with van der Waals surface area (Å²) in [5.74, 6) is -1.09. The molecule has 0 bridgehead atoms. The molecule has 1 amide bonds. The van der Waals surface area contributed by atoms with Crippen LogP contribution in [-0.2, 0) is 9.59 Å². The van der Waals surface area contributed by atoms with E-state index in [-0.39, 0.29) is 12.3 Å². The summed E-state index contributed by atoms with van der Waals surface area (Å²) in [7, 11) is 0. The molecule has 1 N–H and O–H groups in total. The predicted molar refractivity (Wildman–Crippen MR) is 90.6 cm³/mol. The first kappa shape index (κ1) is 16.9. The number of aliphatic carboxylic acids is 1. The van der Waals surface area contributed by atoms with Gasteiger partial charge in [0.1, 0.15) is 4.32 Å². The number of carbonyl (C=O) groups is 2. The van der Waals surface area contributed by atoms with Crippen LogP contribution in [0.15, 0.2) is 22.3 Å². The monoisotopic (exact) mass is 355 g/mol. The van der Waals surface area contributed by atoms with E-state index in [9.17, 15) is 9.59 Å². The molecule has 0 atom stereocenters. The molecule has 0 aliphatic carbocycles. The Balaban J connectivity index is 2.09. The van der Waals surface area contributed by atoms with E-state index >= 15 is 0 Å². The van der Waals surface area contributed by atoms with E-state index in [2.05, 4.69) is 9.97 Å². The minimum Gasteiger partial charge on any atom is -0.481 e. The highest BCUT2D eigenvalue weighted by Gasteiger charge is 2.31. The molecule has 22 heavy (non-hydrogen) atoms. The summed E-state index contributed by atoms with van der Waals surface area (Å²) in [4.78, 5) is 33.1. The van der Waals surface area contributed by atoms with Crippen molar-refractivity contribution in [1.82, 2.24) is 14.9 Å². The number of hydrogen-bond donors (Lipinski definition) is 1. The Morgan fingerprint density at radius 2 is 2.36 bits per heavy atom. The van der Waals surface area contributed by atoms with Gasteiger partial charge in [0, 0.05) is 19.2 Å². The van der Waals surface area contributed by atoms with Gasteiger partial charge in [0.15, 0.2) is 5.16 Å². The van der Waals surface area contributed by atoms with E-state index in [1.165, 1.54) is 28.4 Å². The summed E-state index contributed by atoms with van der Waals surface area (Å²) in [6.45, 7) is 0.314. The number of aromatic nitrogens is 2. The summed E-state index contributed by atoms with van der Waals surface area (Å²) in [5.41, 5.74) is 0.644. The molecule has 0 aromatic carbocycles. The Bertz CT molecular complexity index is 648. The van der Waals surface area contributed by atoms with Gasteiger partial charge in [-0.05, 0) is 24.8 Å². The normalized spacial score (nSPS) is 16.6. The molecule has 0 saturated carbocycles. The van der Waals surface area contributed by atoms with Crippen LogP contribution in [0.1, 0.15) is 18.5 Å². The molecule has 1 aliphatic heterocycles. The van der Waals surface area contributed by atoms with Crippen LogP contribution in [0.5, 0.6) is 0 Å². The van der Waals surface area contributed by atoms with Crippen LogP contribution >= 0.6 is 35.7 Å². The minimum absolute atomic E-state index is 0.0130. The zero-order chi connectivity index (χ0) is 16.1. The van der Waals surface area contributed by atoms with Gasteiger partial charge in [0.05, 0.1) is 10.6 Å².